The van der Waals surface area contributed by atoms with Crippen LogP contribution in [-0.2, 0) is 19.6 Å². The molecule has 1 aliphatic rings. The Morgan fingerprint density at radius 1 is 1.03 bits per heavy atom. The topological polar surface area (TPSA) is 95.9 Å². The number of nitrogens with one attached hydrogen (secondary N) is 1. The molecule has 1 aliphatic heterocycles. The van der Waals surface area contributed by atoms with Crippen molar-refractivity contribution in [2.45, 2.75) is 95.4 Å². The Hall–Kier alpha value is -0.910. The molecule has 0 aromatic carbocycles. The monoisotopic (exact) mass is 488 g/mol. The quantitative estimate of drug-likeness (QED) is 0.202. The molecule has 1 amide bonds. The van der Waals surface area contributed by atoms with Crippen LogP contribution in [0.4, 0.5) is 13.2 Å². The fraction of sp³-hybridized carbons (Fsp3) is 0.952. The van der Waals surface area contributed by atoms with Crippen LogP contribution in [0.15, 0.2) is 0 Å². The average molecular weight is 489 g/mol. The van der Waals surface area contributed by atoms with E-state index in [4.69, 9.17) is 4.74 Å². The first-order chi connectivity index (χ1) is 15.0. The molecule has 1 heterocycles. The maximum atomic E-state index is 13.4. The molecule has 0 aromatic rings. The van der Waals surface area contributed by atoms with E-state index in [1.807, 2.05) is 13.8 Å². The van der Waals surface area contributed by atoms with Crippen molar-refractivity contribution < 1.29 is 36.3 Å². The molecule has 2 N–H and O–H groups in total. The number of amides is 1. The lowest BCUT2D eigenvalue weighted by Gasteiger charge is -2.39. The van der Waals surface area contributed by atoms with E-state index in [0.29, 0.717) is 51.3 Å². The fourth-order valence-electron chi connectivity index (χ4n) is 4.44. The molecule has 1 rings (SSSR count). The van der Waals surface area contributed by atoms with Crippen LogP contribution in [0.3, 0.4) is 0 Å². The van der Waals surface area contributed by atoms with Crippen LogP contribution < -0.4 is 5.48 Å². The number of sulfonamides is 1. The molecule has 1 fully saturated rings. The van der Waals surface area contributed by atoms with Gasteiger partial charge in [-0.15, -0.1) is 0 Å². The van der Waals surface area contributed by atoms with Gasteiger partial charge in [-0.2, -0.15) is 13.2 Å². The van der Waals surface area contributed by atoms with Gasteiger partial charge in [0.25, 0.3) is 5.91 Å². The Bertz CT molecular complexity index is 644. The van der Waals surface area contributed by atoms with Crippen molar-refractivity contribution in [1.82, 2.24) is 9.79 Å². The zero-order chi connectivity index (χ0) is 24.3. The average Bonchev–Trinajstić information content (AvgIpc) is 2.74. The molecule has 0 atom stereocenters. The standard InChI is InChI=1S/C21H39F3N2O5S/c1-3-11-20(12-4-2,19(27)25-28)32(29,30)26-14-9-18(10-15-26)8-5-6-16-31-17-7-13-21(22,23)24/h18,28H,3-17H2,1-2H3,(H,25,27). The van der Waals surface area contributed by atoms with Gasteiger partial charge in [-0.1, -0.05) is 39.5 Å². The van der Waals surface area contributed by atoms with E-state index in [1.54, 1.807) is 5.48 Å². The minimum absolute atomic E-state index is 0.0255. The Balaban J connectivity index is 2.47. The van der Waals surface area contributed by atoms with Crippen molar-refractivity contribution >= 4 is 15.9 Å². The van der Waals surface area contributed by atoms with Gasteiger partial charge in [0.15, 0.2) is 4.75 Å². The van der Waals surface area contributed by atoms with Crippen LogP contribution in [0.5, 0.6) is 0 Å². The van der Waals surface area contributed by atoms with Crippen molar-refractivity contribution in [2.24, 2.45) is 5.92 Å². The predicted molar refractivity (Wildman–Crippen MR) is 116 cm³/mol. The molecule has 0 unspecified atom stereocenters. The first kappa shape index (κ1) is 29.1. The molecule has 0 radical (unpaired) electrons. The summed E-state index contributed by atoms with van der Waals surface area (Å²) in [5, 5.41) is 9.21. The number of hydroxylamine groups is 1. The second-order valence-corrected chi connectivity index (χ2v) is 10.9. The number of carbonyl (C=O) groups excluding carboxylic acids is 1. The number of hydrogen-bond acceptors (Lipinski definition) is 5. The van der Waals surface area contributed by atoms with E-state index >= 15 is 0 Å². The van der Waals surface area contributed by atoms with Crippen LogP contribution in [0.2, 0.25) is 0 Å². The number of nitrogens with zero attached hydrogens (tertiary/aromatic N) is 1. The van der Waals surface area contributed by atoms with E-state index in [2.05, 4.69) is 0 Å². The first-order valence-corrected chi connectivity index (χ1v) is 13.1. The number of carbonyl (C=O) groups is 1. The normalized spacial score (nSPS) is 16.9. The van der Waals surface area contributed by atoms with Crippen LogP contribution in [0, 0.1) is 5.92 Å². The molecule has 190 valence electrons. The summed E-state index contributed by atoms with van der Waals surface area (Å²) in [6.07, 6.45) is 0.249. The number of hydrogen-bond donors (Lipinski definition) is 2. The van der Waals surface area contributed by atoms with Crippen LogP contribution in [0.1, 0.15) is 84.5 Å². The van der Waals surface area contributed by atoms with Crippen molar-refractivity contribution in [3.8, 4) is 0 Å². The largest absolute Gasteiger partial charge is 0.389 e. The van der Waals surface area contributed by atoms with E-state index in [-0.39, 0.29) is 25.9 Å². The van der Waals surface area contributed by atoms with Gasteiger partial charge < -0.3 is 4.74 Å². The van der Waals surface area contributed by atoms with Gasteiger partial charge >= 0.3 is 6.18 Å². The Morgan fingerprint density at radius 2 is 1.59 bits per heavy atom. The minimum Gasteiger partial charge on any atom is -0.381 e. The molecule has 0 aliphatic carbocycles. The highest BCUT2D eigenvalue weighted by atomic mass is 32.2. The highest BCUT2D eigenvalue weighted by Crippen LogP contribution is 2.35. The van der Waals surface area contributed by atoms with E-state index < -0.39 is 33.3 Å². The third-order valence-corrected chi connectivity index (χ3v) is 8.76. The van der Waals surface area contributed by atoms with Crippen LogP contribution in [-0.4, -0.2) is 61.1 Å². The summed E-state index contributed by atoms with van der Waals surface area (Å²) in [6, 6.07) is 0. The van der Waals surface area contributed by atoms with Gasteiger partial charge in [-0.05, 0) is 44.4 Å². The minimum atomic E-state index is -4.14. The van der Waals surface area contributed by atoms with Gasteiger partial charge in [-0.25, -0.2) is 18.2 Å². The maximum absolute atomic E-state index is 13.4. The molecule has 32 heavy (non-hydrogen) atoms. The lowest BCUT2D eigenvalue weighted by molar-refractivity contribution is -0.138. The van der Waals surface area contributed by atoms with Gasteiger partial charge in [0, 0.05) is 32.7 Å². The van der Waals surface area contributed by atoms with E-state index in [1.165, 1.54) is 4.31 Å². The Kier molecular flexibility index (Phi) is 12.5. The molecule has 0 saturated carbocycles. The number of alkyl halides is 3. The summed E-state index contributed by atoms with van der Waals surface area (Å²) >= 11 is 0. The molecule has 0 aromatic heterocycles. The summed E-state index contributed by atoms with van der Waals surface area (Å²) < 4.78 is 68.0. The van der Waals surface area contributed by atoms with Gasteiger partial charge in [0.2, 0.25) is 10.0 Å². The maximum Gasteiger partial charge on any atom is 0.389 e. The number of ether oxygens (including phenoxy) is 1. The second kappa shape index (κ2) is 13.7. The number of rotatable bonds is 15. The third-order valence-electron chi connectivity index (χ3n) is 6.13. The zero-order valence-corrected chi connectivity index (χ0v) is 20.1. The van der Waals surface area contributed by atoms with E-state index in [9.17, 15) is 31.6 Å². The second-order valence-electron chi connectivity index (χ2n) is 8.61. The molecular formula is C21H39F3N2O5S. The smallest absolute Gasteiger partial charge is 0.381 e. The zero-order valence-electron chi connectivity index (χ0n) is 19.3. The van der Waals surface area contributed by atoms with Crippen molar-refractivity contribution in [3.63, 3.8) is 0 Å². The van der Waals surface area contributed by atoms with Crippen LogP contribution in [0.25, 0.3) is 0 Å². The van der Waals surface area contributed by atoms with Crippen molar-refractivity contribution in [1.29, 1.82) is 0 Å². The van der Waals surface area contributed by atoms with Gasteiger partial charge in [0.1, 0.15) is 0 Å². The number of piperidine rings is 1. The summed E-state index contributed by atoms with van der Waals surface area (Å²) in [6.45, 7) is 4.85. The molecule has 1 saturated heterocycles. The summed E-state index contributed by atoms with van der Waals surface area (Å²) in [5.41, 5.74) is 1.58. The Morgan fingerprint density at radius 3 is 2.09 bits per heavy atom. The lowest BCUT2D eigenvalue weighted by Crippen LogP contribution is -2.58. The highest BCUT2D eigenvalue weighted by molar-refractivity contribution is 7.91. The van der Waals surface area contributed by atoms with Gasteiger partial charge in [0.05, 0.1) is 0 Å². The molecule has 0 bridgehead atoms. The molecule has 11 heteroatoms. The molecule has 7 nitrogen and oxygen atoms in total. The van der Waals surface area contributed by atoms with Crippen molar-refractivity contribution in [2.75, 3.05) is 26.3 Å². The lowest BCUT2D eigenvalue weighted by atomic mass is 9.92. The van der Waals surface area contributed by atoms with Crippen molar-refractivity contribution in [3.05, 3.63) is 0 Å². The predicted octanol–water partition coefficient (Wildman–Crippen LogP) is 4.40. The first-order valence-electron chi connectivity index (χ1n) is 11.6. The molecule has 0 spiro atoms. The number of halogens is 3. The van der Waals surface area contributed by atoms with Gasteiger partial charge in [-0.3, -0.25) is 10.0 Å². The van der Waals surface area contributed by atoms with Crippen LogP contribution >= 0.6 is 0 Å². The third kappa shape index (κ3) is 8.46. The summed E-state index contributed by atoms with van der Waals surface area (Å²) in [4.78, 5) is 12.5. The molecular weight excluding hydrogens is 449 g/mol. The SMILES string of the molecule is CCCC(CCC)(C(=O)NO)S(=O)(=O)N1CCC(CCCCOCCCC(F)(F)F)CC1. The fourth-order valence-corrected chi connectivity index (χ4v) is 6.83. The summed E-state index contributed by atoms with van der Waals surface area (Å²) in [7, 11) is -3.93. The van der Waals surface area contributed by atoms with E-state index in [0.717, 1.165) is 19.3 Å². The highest BCUT2D eigenvalue weighted by Gasteiger charge is 2.52. The Labute approximate surface area is 190 Å². The number of unbranched alkanes of at least 4 members (excludes halogenated alkanes) is 1. The summed E-state index contributed by atoms with van der Waals surface area (Å²) in [5.74, 6) is -0.497.